The Hall–Kier alpha value is -15.5. The van der Waals surface area contributed by atoms with Crippen LogP contribution in [0.2, 0.25) is 0 Å². The van der Waals surface area contributed by atoms with Crippen LogP contribution in [0.5, 0.6) is 34.5 Å². The molecule has 24 heteroatoms. The monoisotopic (exact) mass is 1820 g/mol. The summed E-state index contributed by atoms with van der Waals surface area (Å²) >= 11 is 0. The maximum Gasteiger partial charge on any atom is 0.330 e. The van der Waals surface area contributed by atoms with Crippen molar-refractivity contribution in [2.45, 2.75) is 52.9 Å². The molecule has 0 heterocycles. The van der Waals surface area contributed by atoms with E-state index in [1.165, 1.54) is 0 Å². The fourth-order valence-electron chi connectivity index (χ4n) is 16.9. The summed E-state index contributed by atoms with van der Waals surface area (Å²) in [6.07, 6.45) is 0.815. The molecule has 15 rings (SSSR count). The molecule has 690 valence electrons. The van der Waals surface area contributed by atoms with Gasteiger partial charge >= 0.3 is 35.8 Å². The van der Waals surface area contributed by atoms with Crippen molar-refractivity contribution in [1.29, 1.82) is 0 Å². The van der Waals surface area contributed by atoms with Crippen LogP contribution in [0.1, 0.15) is 66.8 Å². The van der Waals surface area contributed by atoms with Crippen LogP contribution in [0, 0.1) is 0 Å². The van der Waals surface area contributed by atoms with Crippen molar-refractivity contribution in [3.05, 3.63) is 434 Å². The molecule has 3 aliphatic rings. The number of aliphatic hydroxyl groups is 6. The van der Waals surface area contributed by atoms with Crippen molar-refractivity contribution in [3.8, 4) is 67.9 Å². The van der Waals surface area contributed by atoms with E-state index in [1.807, 2.05) is 218 Å². The number of fused-ring (bicyclic) bond motifs is 9. The zero-order chi connectivity index (χ0) is 95.4. The largest absolute Gasteiger partial charge is 0.491 e. The second kappa shape index (κ2) is 46.0. The van der Waals surface area contributed by atoms with Gasteiger partial charge in [0, 0.05) is 36.5 Å². The Morgan fingerprint density at radius 3 is 0.556 bits per heavy atom. The molecular weight excluding hydrogens is 1720 g/mol. The van der Waals surface area contributed by atoms with Crippen LogP contribution in [0.25, 0.3) is 33.4 Å². The Morgan fingerprint density at radius 2 is 0.393 bits per heavy atom. The van der Waals surface area contributed by atoms with E-state index in [1.54, 1.807) is 0 Å². The summed E-state index contributed by atoms with van der Waals surface area (Å²) in [6.45, 7) is 18.3. The zero-order valence-corrected chi connectivity index (χ0v) is 73.9. The van der Waals surface area contributed by atoms with Gasteiger partial charge in [0.15, 0.2) is 18.3 Å². The summed E-state index contributed by atoms with van der Waals surface area (Å²) in [7, 11) is 0. The maximum absolute atomic E-state index is 11.6. The molecule has 0 radical (unpaired) electrons. The predicted octanol–water partition coefficient (Wildman–Crippen LogP) is 15.0. The van der Waals surface area contributed by atoms with Gasteiger partial charge in [0.05, 0.1) is 36.1 Å². The number of aliphatic hydroxyl groups excluding tert-OH is 6. The minimum absolute atomic E-state index is 0.0148. The Morgan fingerprint density at radius 1 is 0.230 bits per heavy atom. The number of esters is 6. The van der Waals surface area contributed by atoms with Gasteiger partial charge in [-0.1, -0.05) is 258 Å². The fraction of sp³-hybridized carbons (Fsp3) is 0.189. The number of ether oxygens (including phenoxy) is 12. The first-order valence-corrected chi connectivity index (χ1v) is 43.4. The van der Waals surface area contributed by atoms with Crippen LogP contribution in [-0.2, 0) is 73.4 Å². The van der Waals surface area contributed by atoms with Gasteiger partial charge in [0.2, 0.25) is 0 Å². The van der Waals surface area contributed by atoms with Crippen molar-refractivity contribution in [2.24, 2.45) is 0 Å². The fourth-order valence-corrected chi connectivity index (χ4v) is 16.9. The quantitative estimate of drug-likeness (QED) is 0.0118. The molecule has 6 unspecified atom stereocenters. The molecule has 6 atom stereocenters. The topological polar surface area (TPSA) is 335 Å². The normalized spacial score (nSPS) is 13.8. The zero-order valence-electron chi connectivity index (χ0n) is 73.9. The number of hydrogen-bond acceptors (Lipinski definition) is 24. The summed E-state index contributed by atoms with van der Waals surface area (Å²) in [5.74, 6) is -0.366. The van der Waals surface area contributed by atoms with E-state index in [9.17, 15) is 59.4 Å². The van der Waals surface area contributed by atoms with Gasteiger partial charge < -0.3 is 87.5 Å². The minimum atomic E-state index is -0.990. The van der Waals surface area contributed by atoms with Crippen LogP contribution in [-0.4, -0.2) is 182 Å². The first-order chi connectivity index (χ1) is 65.7. The molecule has 12 aromatic carbocycles. The van der Waals surface area contributed by atoms with Crippen molar-refractivity contribution >= 4 is 35.8 Å². The lowest BCUT2D eigenvalue weighted by Crippen LogP contribution is -2.29. The second-order valence-corrected chi connectivity index (χ2v) is 31.3. The molecule has 0 saturated carbocycles. The van der Waals surface area contributed by atoms with E-state index in [-0.39, 0.29) is 79.3 Å². The molecule has 135 heavy (non-hydrogen) atoms. The Labute approximate surface area is 781 Å². The highest BCUT2D eigenvalue weighted by atomic mass is 16.6. The lowest BCUT2D eigenvalue weighted by atomic mass is 9.68. The maximum atomic E-state index is 11.6. The lowest BCUT2D eigenvalue weighted by Gasteiger charge is -2.34. The summed E-state index contributed by atoms with van der Waals surface area (Å²) in [5.41, 5.74) is 17.7. The molecule has 6 N–H and O–H groups in total. The third-order valence-electron chi connectivity index (χ3n) is 22.9. The van der Waals surface area contributed by atoms with Gasteiger partial charge in [-0.2, -0.15) is 0 Å². The van der Waals surface area contributed by atoms with E-state index >= 15 is 0 Å². The molecule has 0 spiro atoms. The second-order valence-electron chi connectivity index (χ2n) is 31.3. The highest BCUT2D eigenvalue weighted by Crippen LogP contribution is 2.60. The van der Waals surface area contributed by atoms with Gasteiger partial charge in [-0.05, 0) is 173 Å². The Balaban J connectivity index is 0.000000171. The van der Waals surface area contributed by atoms with Crippen LogP contribution in [0.4, 0.5) is 0 Å². The van der Waals surface area contributed by atoms with Crippen molar-refractivity contribution in [2.75, 3.05) is 79.3 Å². The van der Waals surface area contributed by atoms with Crippen LogP contribution >= 0.6 is 0 Å². The summed E-state index contributed by atoms with van der Waals surface area (Å²) in [5, 5.41) is 59.2. The molecule has 0 aromatic heterocycles. The average Bonchev–Trinajstić information content (AvgIpc) is 1.56. The van der Waals surface area contributed by atoms with E-state index in [4.69, 9.17) is 56.8 Å². The number of benzene rings is 12. The van der Waals surface area contributed by atoms with Gasteiger partial charge in [0.25, 0.3) is 0 Å². The Bertz CT molecular complexity index is 5870. The molecule has 0 saturated heterocycles. The molecule has 0 bridgehead atoms. The molecular formula is C111H102O24. The third kappa shape index (κ3) is 22.1. The van der Waals surface area contributed by atoms with E-state index in [0.717, 1.165) is 137 Å². The van der Waals surface area contributed by atoms with Crippen LogP contribution in [0.15, 0.2) is 367 Å². The third-order valence-corrected chi connectivity index (χ3v) is 22.9. The summed E-state index contributed by atoms with van der Waals surface area (Å²) in [4.78, 5) is 68.5. The number of hydrogen-bond donors (Lipinski definition) is 6. The summed E-state index contributed by atoms with van der Waals surface area (Å²) < 4.78 is 65.0. The van der Waals surface area contributed by atoms with Gasteiger partial charge in [0.1, 0.15) is 112 Å². The molecule has 12 aromatic rings. The lowest BCUT2D eigenvalue weighted by molar-refractivity contribution is -0.147. The molecule has 0 amide bonds. The molecule has 0 fully saturated rings. The van der Waals surface area contributed by atoms with Crippen LogP contribution < -0.4 is 28.4 Å². The predicted molar refractivity (Wildman–Crippen MR) is 507 cm³/mol. The van der Waals surface area contributed by atoms with Gasteiger partial charge in [-0.15, -0.1) is 0 Å². The highest BCUT2D eigenvalue weighted by Gasteiger charge is 2.49. The van der Waals surface area contributed by atoms with E-state index < -0.39 is 88.7 Å². The highest BCUT2D eigenvalue weighted by molar-refractivity contribution is 5.90. The van der Waals surface area contributed by atoms with Crippen molar-refractivity contribution in [1.82, 2.24) is 0 Å². The SMILES string of the molecule is C=CC(=O)OC(CO)COc1ccc(C2(c3ccc(OCC(CO)OC(=O)C=C)cc3)c3ccccc3-c3ccccc32)cc1.C=CC(=O)OCC(O)COc1ccc(C2(c3ccc(OCC(CO)OC(=O)C=C)cc3)c3ccccc3-c3ccccc32)cc1.C=CC(=O)OCC(O)COc1ccc(C2(c3ccc(OCC(O)COC(=O)C=C)cc3)c3ccccc3-c3ccccc32)cc1. The molecule has 3 aliphatic carbocycles. The van der Waals surface area contributed by atoms with Gasteiger partial charge in [-0.3, -0.25) is 0 Å². The van der Waals surface area contributed by atoms with Crippen molar-refractivity contribution in [3.63, 3.8) is 0 Å². The Kier molecular flexibility index (Phi) is 33.1. The number of rotatable bonds is 42. The smallest absolute Gasteiger partial charge is 0.330 e. The van der Waals surface area contributed by atoms with Crippen molar-refractivity contribution < 1.29 is 116 Å². The molecule has 0 aliphatic heterocycles. The van der Waals surface area contributed by atoms with E-state index in [2.05, 4.69) is 112 Å². The van der Waals surface area contributed by atoms with E-state index in [0.29, 0.717) is 34.5 Å². The standard InChI is InChI=1S/3C37H34O8/c1-3-35(40)44-23-27(39)22-42-28-17-13-25(14-18-28)37(33-11-7-5-9-31(33)32-10-6-8-12-34(32)37)26-15-19-29(20-16-26)43-24-30(21-38)45-36(41)4-2;1-3-35(40)44-23-27(38)21-42-29-17-13-25(14-18-29)37(33-11-7-5-9-31(33)32-10-6-8-12-34(32)37)26-15-19-30(20-16-26)43-22-28(39)24-45-36(41)4-2;1-3-35(40)44-29(21-38)23-42-27-17-13-25(14-18-27)37(33-11-7-5-9-31(33)32-10-6-8-12-34(32)37)26-15-19-28(20-16-26)43-24-30(22-39)45-36(41)4-2/h3-20,27,30,38-39H,1-2,21-24H2;3-20,27-28,38-39H,1-2,21-24H2;3-20,29-30,38-39H,1-2,21-24H2. The first-order valence-electron chi connectivity index (χ1n) is 43.4. The number of carbonyl (C=O) groups excluding carboxylic acids is 6. The summed E-state index contributed by atoms with van der Waals surface area (Å²) in [6, 6.07) is 96.6. The first kappa shape index (κ1) is 97.0. The minimum Gasteiger partial charge on any atom is -0.491 e. The average molecular weight is 1820 g/mol. The van der Waals surface area contributed by atoms with Gasteiger partial charge in [-0.25, -0.2) is 28.8 Å². The molecule has 24 nitrogen and oxygen atoms in total. The number of carbonyl (C=O) groups is 6. The van der Waals surface area contributed by atoms with Crippen LogP contribution in [0.3, 0.4) is 0 Å².